The molecule has 0 fully saturated rings. The Morgan fingerprint density at radius 1 is 1.44 bits per heavy atom. The molecule has 4 heteroatoms. The summed E-state index contributed by atoms with van der Waals surface area (Å²) in [4.78, 5) is 11.1. The van der Waals surface area contributed by atoms with Crippen molar-refractivity contribution in [3.63, 3.8) is 0 Å². The van der Waals surface area contributed by atoms with Crippen LogP contribution in [0.15, 0.2) is 12.1 Å². The van der Waals surface area contributed by atoms with E-state index >= 15 is 0 Å². The standard InChI is InChI=1S/C14H22N2O2/c1-5-14(3,4)8-16-10-6-9(2)12(15)11(7-10)13(17)18/h6-7,16H,5,8,15H2,1-4H3,(H,17,18). The minimum absolute atomic E-state index is 0.159. The van der Waals surface area contributed by atoms with Crippen LogP contribution in [0.3, 0.4) is 0 Å². The van der Waals surface area contributed by atoms with E-state index < -0.39 is 5.97 Å². The van der Waals surface area contributed by atoms with Gasteiger partial charge in [-0.25, -0.2) is 4.79 Å². The average molecular weight is 250 g/mol. The van der Waals surface area contributed by atoms with Crippen molar-refractivity contribution in [3.05, 3.63) is 23.3 Å². The number of carbonyl (C=O) groups is 1. The zero-order valence-corrected chi connectivity index (χ0v) is 11.5. The summed E-state index contributed by atoms with van der Waals surface area (Å²) in [5, 5.41) is 12.4. The van der Waals surface area contributed by atoms with Gasteiger partial charge in [0.1, 0.15) is 0 Å². The van der Waals surface area contributed by atoms with E-state index in [1.807, 2.05) is 13.0 Å². The third-order valence-corrected chi connectivity index (χ3v) is 3.35. The summed E-state index contributed by atoms with van der Waals surface area (Å²) in [6.45, 7) is 9.09. The van der Waals surface area contributed by atoms with Crippen LogP contribution in [0.1, 0.15) is 43.1 Å². The van der Waals surface area contributed by atoms with Gasteiger partial charge in [0.2, 0.25) is 0 Å². The molecule has 1 rings (SSSR count). The molecule has 18 heavy (non-hydrogen) atoms. The molecule has 0 atom stereocenters. The average Bonchev–Trinajstić information content (AvgIpc) is 2.30. The van der Waals surface area contributed by atoms with Gasteiger partial charge in [0.15, 0.2) is 0 Å². The summed E-state index contributed by atoms with van der Waals surface area (Å²) < 4.78 is 0. The summed E-state index contributed by atoms with van der Waals surface area (Å²) in [5.74, 6) is -0.992. The first kappa shape index (κ1) is 14.4. The number of benzene rings is 1. The molecule has 4 N–H and O–H groups in total. The molecule has 1 aromatic rings. The molecule has 0 radical (unpaired) electrons. The zero-order valence-electron chi connectivity index (χ0n) is 11.5. The van der Waals surface area contributed by atoms with Crippen molar-refractivity contribution >= 4 is 17.3 Å². The number of nitrogens with one attached hydrogen (secondary N) is 1. The Labute approximate surface area is 108 Å². The molecule has 0 aliphatic heterocycles. The lowest BCUT2D eigenvalue weighted by Crippen LogP contribution is -2.22. The van der Waals surface area contributed by atoms with Gasteiger partial charge in [-0.1, -0.05) is 20.8 Å². The quantitative estimate of drug-likeness (QED) is 0.702. The van der Waals surface area contributed by atoms with Gasteiger partial charge < -0.3 is 16.2 Å². The molecule has 4 nitrogen and oxygen atoms in total. The number of carboxylic acid groups (broad SMARTS) is 1. The summed E-state index contributed by atoms with van der Waals surface area (Å²) in [7, 11) is 0. The van der Waals surface area contributed by atoms with Crippen LogP contribution in [-0.2, 0) is 0 Å². The Hall–Kier alpha value is -1.71. The largest absolute Gasteiger partial charge is 0.478 e. The fourth-order valence-corrected chi connectivity index (χ4v) is 1.54. The second-order valence-electron chi connectivity index (χ2n) is 5.43. The zero-order chi connectivity index (χ0) is 13.9. The Morgan fingerprint density at radius 2 is 2.06 bits per heavy atom. The van der Waals surface area contributed by atoms with Crippen LogP contribution in [0.25, 0.3) is 0 Å². The maximum Gasteiger partial charge on any atom is 0.337 e. The van der Waals surface area contributed by atoms with Gasteiger partial charge in [-0.15, -0.1) is 0 Å². The fraction of sp³-hybridized carbons (Fsp3) is 0.500. The van der Waals surface area contributed by atoms with Gasteiger partial charge in [0.25, 0.3) is 0 Å². The second kappa shape index (κ2) is 5.29. The predicted molar refractivity (Wildman–Crippen MR) is 75.1 cm³/mol. The van der Waals surface area contributed by atoms with Crippen LogP contribution in [0.5, 0.6) is 0 Å². The van der Waals surface area contributed by atoms with Crippen LogP contribution in [0, 0.1) is 12.3 Å². The van der Waals surface area contributed by atoms with Crippen molar-refractivity contribution in [3.8, 4) is 0 Å². The van der Waals surface area contributed by atoms with Crippen LogP contribution in [0.4, 0.5) is 11.4 Å². The first-order valence-electron chi connectivity index (χ1n) is 6.14. The van der Waals surface area contributed by atoms with Crippen LogP contribution in [0.2, 0.25) is 0 Å². The van der Waals surface area contributed by atoms with Crippen molar-refractivity contribution in [1.29, 1.82) is 0 Å². The first-order valence-corrected chi connectivity index (χ1v) is 6.14. The minimum atomic E-state index is -0.992. The van der Waals surface area contributed by atoms with Crippen molar-refractivity contribution in [1.82, 2.24) is 0 Å². The molecule has 1 aromatic carbocycles. The highest BCUT2D eigenvalue weighted by Gasteiger charge is 2.16. The molecule has 0 aromatic heterocycles. The number of hydrogen-bond acceptors (Lipinski definition) is 3. The van der Waals surface area contributed by atoms with Crippen molar-refractivity contribution in [2.75, 3.05) is 17.6 Å². The van der Waals surface area contributed by atoms with Crippen molar-refractivity contribution < 1.29 is 9.90 Å². The molecule has 100 valence electrons. The first-order chi connectivity index (χ1) is 8.26. The number of carboxylic acids is 1. The molecular weight excluding hydrogens is 228 g/mol. The van der Waals surface area contributed by atoms with Gasteiger partial charge >= 0.3 is 5.97 Å². The second-order valence-corrected chi connectivity index (χ2v) is 5.43. The lowest BCUT2D eigenvalue weighted by atomic mass is 9.90. The SMILES string of the molecule is CCC(C)(C)CNc1cc(C)c(N)c(C(=O)O)c1. The highest BCUT2D eigenvalue weighted by molar-refractivity contribution is 5.95. The van der Waals surface area contributed by atoms with Crippen LogP contribution in [-0.4, -0.2) is 17.6 Å². The Bertz CT molecular complexity index is 453. The monoisotopic (exact) mass is 250 g/mol. The molecule has 0 aliphatic rings. The van der Waals surface area contributed by atoms with E-state index in [9.17, 15) is 4.79 Å². The van der Waals surface area contributed by atoms with Crippen LogP contribution >= 0.6 is 0 Å². The number of rotatable bonds is 5. The van der Waals surface area contributed by atoms with Gasteiger partial charge in [-0.3, -0.25) is 0 Å². The van der Waals surface area contributed by atoms with Gasteiger partial charge in [-0.05, 0) is 36.5 Å². The predicted octanol–water partition coefficient (Wildman–Crippen LogP) is 3.12. The van der Waals surface area contributed by atoms with Crippen molar-refractivity contribution in [2.45, 2.75) is 34.1 Å². The summed E-state index contributed by atoms with van der Waals surface area (Å²) in [6, 6.07) is 3.48. The number of anilines is 2. The fourth-order valence-electron chi connectivity index (χ4n) is 1.54. The van der Waals surface area contributed by atoms with Gasteiger partial charge in [0, 0.05) is 17.9 Å². The maximum absolute atomic E-state index is 11.1. The van der Waals surface area contributed by atoms with E-state index in [0.29, 0.717) is 5.69 Å². The highest BCUT2D eigenvalue weighted by atomic mass is 16.4. The normalized spacial score (nSPS) is 11.3. The highest BCUT2D eigenvalue weighted by Crippen LogP contribution is 2.25. The van der Waals surface area contributed by atoms with E-state index in [2.05, 4.69) is 26.1 Å². The van der Waals surface area contributed by atoms with Crippen LogP contribution < -0.4 is 11.1 Å². The lowest BCUT2D eigenvalue weighted by Gasteiger charge is -2.24. The number of nitrogen functional groups attached to an aromatic ring is 1. The van der Waals surface area contributed by atoms with E-state index in [0.717, 1.165) is 24.2 Å². The third-order valence-electron chi connectivity index (χ3n) is 3.35. The minimum Gasteiger partial charge on any atom is -0.478 e. The molecule has 0 aliphatic carbocycles. The van der Waals surface area contributed by atoms with E-state index in [1.54, 1.807) is 6.07 Å². The number of aryl methyl sites for hydroxylation is 1. The van der Waals surface area contributed by atoms with Gasteiger partial charge in [-0.2, -0.15) is 0 Å². The topological polar surface area (TPSA) is 75.3 Å². The molecule has 0 heterocycles. The molecule has 0 amide bonds. The Kier molecular flexibility index (Phi) is 4.22. The smallest absolute Gasteiger partial charge is 0.337 e. The molecule has 0 bridgehead atoms. The van der Waals surface area contributed by atoms with E-state index in [1.165, 1.54) is 0 Å². The van der Waals surface area contributed by atoms with E-state index in [4.69, 9.17) is 10.8 Å². The number of nitrogens with two attached hydrogens (primary N) is 1. The van der Waals surface area contributed by atoms with Gasteiger partial charge in [0.05, 0.1) is 5.56 Å². The number of hydrogen-bond donors (Lipinski definition) is 3. The summed E-state index contributed by atoms with van der Waals surface area (Å²) in [6.07, 6.45) is 1.06. The molecule has 0 unspecified atom stereocenters. The number of aromatic carboxylic acids is 1. The van der Waals surface area contributed by atoms with Crippen molar-refractivity contribution in [2.24, 2.45) is 5.41 Å². The Morgan fingerprint density at radius 3 is 2.56 bits per heavy atom. The Balaban J connectivity index is 2.95. The molecule has 0 spiro atoms. The molecule has 0 saturated heterocycles. The summed E-state index contributed by atoms with van der Waals surface area (Å²) >= 11 is 0. The van der Waals surface area contributed by atoms with E-state index in [-0.39, 0.29) is 11.0 Å². The maximum atomic E-state index is 11.1. The third kappa shape index (κ3) is 3.39. The lowest BCUT2D eigenvalue weighted by molar-refractivity contribution is 0.0698. The molecular formula is C14H22N2O2. The molecule has 0 saturated carbocycles. The summed E-state index contributed by atoms with van der Waals surface area (Å²) in [5.41, 5.74) is 8.02.